The Labute approximate surface area is 101 Å². The number of ether oxygens (including phenoxy) is 1. The quantitative estimate of drug-likeness (QED) is 0.846. The summed E-state index contributed by atoms with van der Waals surface area (Å²) < 4.78 is 5.85. The lowest BCUT2D eigenvalue weighted by atomic mass is 10.1. The molecule has 1 aromatic carbocycles. The monoisotopic (exact) mass is 231 g/mol. The molecule has 1 amide bonds. The molecular formula is C14H17NO2. The van der Waals surface area contributed by atoms with E-state index in [-0.39, 0.29) is 5.91 Å². The summed E-state index contributed by atoms with van der Waals surface area (Å²) in [5.41, 5.74) is 7.09. The number of benzene rings is 1. The van der Waals surface area contributed by atoms with Gasteiger partial charge in [0.15, 0.2) is 0 Å². The molecule has 0 heterocycles. The van der Waals surface area contributed by atoms with Gasteiger partial charge in [-0.05, 0) is 55.2 Å². The largest absolute Gasteiger partial charge is 0.493 e. The molecule has 0 spiro atoms. The van der Waals surface area contributed by atoms with Gasteiger partial charge >= 0.3 is 0 Å². The van der Waals surface area contributed by atoms with Crippen LogP contribution >= 0.6 is 0 Å². The fourth-order valence-corrected chi connectivity index (χ4v) is 2.04. The number of nitrogens with two attached hydrogens (primary N) is 1. The third-order valence-corrected chi connectivity index (χ3v) is 3.49. The van der Waals surface area contributed by atoms with Gasteiger partial charge in [0.25, 0.3) is 0 Å². The van der Waals surface area contributed by atoms with Gasteiger partial charge in [0.1, 0.15) is 5.75 Å². The summed E-state index contributed by atoms with van der Waals surface area (Å²) in [6.45, 7) is 0.780. The second-order valence-corrected chi connectivity index (χ2v) is 5.15. The van der Waals surface area contributed by atoms with E-state index in [1.54, 1.807) is 12.1 Å². The molecule has 0 aromatic heterocycles. The van der Waals surface area contributed by atoms with Crippen LogP contribution in [0.4, 0.5) is 0 Å². The lowest BCUT2D eigenvalue weighted by Gasteiger charge is -2.11. The Morgan fingerprint density at radius 3 is 2.65 bits per heavy atom. The van der Waals surface area contributed by atoms with Crippen molar-refractivity contribution in [1.82, 2.24) is 0 Å². The van der Waals surface area contributed by atoms with Gasteiger partial charge in [-0.1, -0.05) is 6.07 Å². The molecule has 2 aliphatic rings. The molecule has 0 aliphatic heterocycles. The number of carbonyl (C=O) groups excluding carboxylic acids is 1. The highest BCUT2D eigenvalue weighted by molar-refractivity contribution is 5.93. The topological polar surface area (TPSA) is 52.3 Å². The Balaban J connectivity index is 1.83. The van der Waals surface area contributed by atoms with Crippen molar-refractivity contribution in [1.29, 1.82) is 0 Å². The molecule has 0 unspecified atom stereocenters. The molecule has 3 nitrogen and oxygen atoms in total. The summed E-state index contributed by atoms with van der Waals surface area (Å²) >= 11 is 0. The predicted octanol–water partition coefficient (Wildman–Crippen LogP) is 2.45. The third-order valence-electron chi connectivity index (χ3n) is 3.49. The van der Waals surface area contributed by atoms with Crippen LogP contribution in [0.5, 0.6) is 5.75 Å². The standard InChI is InChI=1S/C14H17NO2/c15-14(16)11-5-6-12(10-3-4-10)13(7-11)17-8-9-1-2-9/h5-7,9-10H,1-4,8H2,(H2,15,16). The van der Waals surface area contributed by atoms with Crippen LogP contribution in [-0.2, 0) is 0 Å². The fourth-order valence-electron chi connectivity index (χ4n) is 2.04. The van der Waals surface area contributed by atoms with Gasteiger partial charge in [0.05, 0.1) is 6.61 Å². The van der Waals surface area contributed by atoms with E-state index in [2.05, 4.69) is 0 Å². The number of rotatable bonds is 5. The Hall–Kier alpha value is -1.51. The summed E-state index contributed by atoms with van der Waals surface area (Å²) in [5, 5.41) is 0. The minimum Gasteiger partial charge on any atom is -0.493 e. The van der Waals surface area contributed by atoms with Crippen molar-refractivity contribution >= 4 is 5.91 Å². The predicted molar refractivity (Wildman–Crippen MR) is 65.2 cm³/mol. The second-order valence-electron chi connectivity index (χ2n) is 5.15. The molecule has 0 radical (unpaired) electrons. The molecule has 0 atom stereocenters. The summed E-state index contributed by atoms with van der Waals surface area (Å²) in [6, 6.07) is 5.61. The van der Waals surface area contributed by atoms with Gasteiger partial charge in [-0.3, -0.25) is 4.79 Å². The van der Waals surface area contributed by atoms with Gasteiger partial charge in [0, 0.05) is 5.56 Å². The molecule has 3 heteroatoms. The molecule has 0 saturated heterocycles. The van der Waals surface area contributed by atoms with Gasteiger partial charge in [0.2, 0.25) is 5.91 Å². The van der Waals surface area contributed by atoms with Crippen LogP contribution in [0.1, 0.15) is 47.5 Å². The maximum atomic E-state index is 11.2. The van der Waals surface area contributed by atoms with Gasteiger partial charge in [-0.2, -0.15) is 0 Å². The summed E-state index contributed by atoms with van der Waals surface area (Å²) in [5.74, 6) is 1.84. The van der Waals surface area contributed by atoms with Crippen LogP contribution in [0.2, 0.25) is 0 Å². The Kier molecular flexibility index (Phi) is 2.54. The highest BCUT2D eigenvalue weighted by Gasteiger charge is 2.28. The number of hydrogen-bond donors (Lipinski definition) is 1. The van der Waals surface area contributed by atoms with Crippen molar-refractivity contribution < 1.29 is 9.53 Å². The minimum absolute atomic E-state index is 0.386. The lowest BCUT2D eigenvalue weighted by molar-refractivity contribution is 0.1000. The van der Waals surface area contributed by atoms with E-state index in [0.717, 1.165) is 18.3 Å². The van der Waals surface area contributed by atoms with Crippen molar-refractivity contribution in [3.63, 3.8) is 0 Å². The van der Waals surface area contributed by atoms with Gasteiger partial charge in [-0.25, -0.2) is 0 Å². The van der Waals surface area contributed by atoms with Crippen LogP contribution in [0, 0.1) is 5.92 Å². The highest BCUT2D eigenvalue weighted by atomic mass is 16.5. The molecule has 2 N–H and O–H groups in total. The van der Waals surface area contributed by atoms with Gasteiger partial charge < -0.3 is 10.5 Å². The smallest absolute Gasteiger partial charge is 0.248 e. The third kappa shape index (κ3) is 2.43. The van der Waals surface area contributed by atoms with Crippen LogP contribution in [0.3, 0.4) is 0 Å². The zero-order valence-corrected chi connectivity index (χ0v) is 9.82. The average Bonchev–Trinajstić information content (AvgIpc) is 3.16. The lowest BCUT2D eigenvalue weighted by Crippen LogP contribution is -2.11. The minimum atomic E-state index is -0.386. The molecule has 0 bridgehead atoms. The van der Waals surface area contributed by atoms with E-state index in [9.17, 15) is 4.79 Å². The van der Waals surface area contributed by atoms with E-state index in [1.807, 2.05) is 6.07 Å². The van der Waals surface area contributed by atoms with Crippen molar-refractivity contribution in [3.05, 3.63) is 29.3 Å². The maximum absolute atomic E-state index is 11.2. The summed E-state index contributed by atoms with van der Waals surface area (Å²) in [4.78, 5) is 11.2. The molecule has 3 rings (SSSR count). The normalized spacial score (nSPS) is 19.1. The Morgan fingerprint density at radius 2 is 2.06 bits per heavy atom. The summed E-state index contributed by atoms with van der Waals surface area (Å²) in [7, 11) is 0. The Morgan fingerprint density at radius 1 is 1.29 bits per heavy atom. The first kappa shape index (κ1) is 10.6. The van der Waals surface area contributed by atoms with E-state index >= 15 is 0 Å². The zero-order chi connectivity index (χ0) is 11.8. The van der Waals surface area contributed by atoms with Crippen molar-refractivity contribution in [3.8, 4) is 5.75 Å². The Bertz CT molecular complexity index is 448. The van der Waals surface area contributed by atoms with E-state index in [0.29, 0.717) is 11.5 Å². The van der Waals surface area contributed by atoms with E-state index in [4.69, 9.17) is 10.5 Å². The molecule has 90 valence electrons. The van der Waals surface area contributed by atoms with E-state index < -0.39 is 0 Å². The van der Waals surface area contributed by atoms with Crippen molar-refractivity contribution in [2.24, 2.45) is 11.7 Å². The number of amides is 1. The molecule has 1 aromatic rings. The first-order valence-corrected chi connectivity index (χ1v) is 6.30. The molecule has 2 saturated carbocycles. The fraction of sp³-hybridized carbons (Fsp3) is 0.500. The van der Waals surface area contributed by atoms with Crippen molar-refractivity contribution in [2.45, 2.75) is 31.6 Å². The molecule has 2 aliphatic carbocycles. The van der Waals surface area contributed by atoms with Crippen LogP contribution in [-0.4, -0.2) is 12.5 Å². The second kappa shape index (κ2) is 4.06. The first-order valence-electron chi connectivity index (χ1n) is 6.30. The SMILES string of the molecule is NC(=O)c1ccc(C2CC2)c(OCC2CC2)c1. The van der Waals surface area contributed by atoms with Crippen LogP contribution in [0.25, 0.3) is 0 Å². The average molecular weight is 231 g/mol. The highest BCUT2D eigenvalue weighted by Crippen LogP contribution is 2.45. The molecular weight excluding hydrogens is 214 g/mol. The first-order chi connectivity index (χ1) is 8.24. The molecule has 2 fully saturated rings. The van der Waals surface area contributed by atoms with Crippen molar-refractivity contribution in [2.75, 3.05) is 6.61 Å². The zero-order valence-electron chi connectivity index (χ0n) is 9.82. The number of hydrogen-bond acceptors (Lipinski definition) is 2. The van der Waals surface area contributed by atoms with Gasteiger partial charge in [-0.15, -0.1) is 0 Å². The summed E-state index contributed by atoms with van der Waals surface area (Å²) in [6.07, 6.45) is 5.01. The molecule has 17 heavy (non-hydrogen) atoms. The van der Waals surface area contributed by atoms with Crippen LogP contribution < -0.4 is 10.5 Å². The maximum Gasteiger partial charge on any atom is 0.248 e. The number of primary amides is 1. The van der Waals surface area contributed by atoms with E-state index in [1.165, 1.54) is 31.2 Å². The van der Waals surface area contributed by atoms with Crippen LogP contribution in [0.15, 0.2) is 18.2 Å². The number of carbonyl (C=O) groups is 1.